The summed E-state index contributed by atoms with van der Waals surface area (Å²) in [5, 5.41) is 14.2. The second kappa shape index (κ2) is 17.8. The van der Waals surface area contributed by atoms with E-state index in [4.69, 9.17) is 29.4 Å². The smallest absolute Gasteiger partial charge is 0.223 e. The fraction of sp³-hybridized carbons (Fsp3) is 0.774. The minimum atomic E-state index is -0.788. The lowest BCUT2D eigenvalue weighted by Gasteiger charge is -2.32. The minimum Gasteiger partial charge on any atom is -0.493 e. The summed E-state index contributed by atoms with van der Waals surface area (Å²) in [5.41, 5.74) is 7.70. The molecule has 0 unspecified atom stereocenters. The molecule has 1 aliphatic rings. The van der Waals surface area contributed by atoms with Gasteiger partial charge < -0.3 is 39.8 Å². The van der Waals surface area contributed by atoms with Crippen LogP contribution in [0.3, 0.4) is 0 Å². The third-order valence-corrected chi connectivity index (χ3v) is 7.98. The first kappa shape index (κ1) is 34.3. The van der Waals surface area contributed by atoms with Crippen molar-refractivity contribution in [1.29, 1.82) is 0 Å². The Morgan fingerprint density at radius 3 is 2.45 bits per heavy atom. The van der Waals surface area contributed by atoms with Gasteiger partial charge >= 0.3 is 0 Å². The molecule has 40 heavy (non-hydrogen) atoms. The third-order valence-electron chi connectivity index (χ3n) is 7.98. The maximum atomic E-state index is 13.2. The van der Waals surface area contributed by atoms with Crippen LogP contribution in [-0.4, -0.2) is 83.1 Å². The van der Waals surface area contributed by atoms with E-state index in [1.54, 1.807) is 21.3 Å². The van der Waals surface area contributed by atoms with Crippen LogP contribution < -0.4 is 20.5 Å². The Hall–Kier alpha value is -1.91. The largest absolute Gasteiger partial charge is 0.493 e. The quantitative estimate of drug-likeness (QED) is 0.231. The molecule has 0 saturated carbocycles. The Morgan fingerprint density at radius 2 is 1.82 bits per heavy atom. The molecule has 0 radical (unpaired) electrons. The lowest BCUT2D eigenvalue weighted by atomic mass is 9.80. The fourth-order valence-electron chi connectivity index (χ4n) is 5.23. The summed E-state index contributed by atoms with van der Waals surface area (Å²) in [7, 11) is 4.97. The van der Waals surface area contributed by atoms with Crippen molar-refractivity contribution in [3.8, 4) is 11.5 Å². The van der Waals surface area contributed by atoms with Gasteiger partial charge in [0.2, 0.25) is 5.91 Å². The number of benzene rings is 1. The topological polar surface area (TPSA) is 122 Å². The van der Waals surface area contributed by atoms with E-state index in [0.29, 0.717) is 56.7 Å². The first-order valence-electron chi connectivity index (χ1n) is 14.7. The van der Waals surface area contributed by atoms with Crippen LogP contribution in [0.15, 0.2) is 18.2 Å². The lowest BCUT2D eigenvalue weighted by molar-refractivity contribution is -0.130. The number of carbonyl (C=O) groups excluding carboxylic acids is 1. The van der Waals surface area contributed by atoms with Gasteiger partial charge in [-0.15, -0.1) is 0 Å². The maximum Gasteiger partial charge on any atom is 0.223 e. The van der Waals surface area contributed by atoms with Gasteiger partial charge in [0.05, 0.1) is 45.2 Å². The molecule has 230 valence electrons. The maximum absolute atomic E-state index is 13.2. The highest BCUT2D eigenvalue weighted by molar-refractivity contribution is 5.79. The Bertz CT molecular complexity index is 866. The molecule has 0 aliphatic carbocycles. The van der Waals surface area contributed by atoms with Crippen LogP contribution in [0.5, 0.6) is 11.5 Å². The number of aliphatic hydroxyl groups excluding tert-OH is 1. The second-order valence-corrected chi connectivity index (χ2v) is 11.8. The van der Waals surface area contributed by atoms with Crippen molar-refractivity contribution in [2.45, 2.75) is 84.1 Å². The van der Waals surface area contributed by atoms with Crippen LogP contribution in [-0.2, 0) is 25.4 Å². The van der Waals surface area contributed by atoms with Gasteiger partial charge in [0.1, 0.15) is 0 Å². The standard InChI is InChI=1S/C31H54N2O7/c1-20(2)23(13-22-9-10-29(38-7)30(14-22)40-12-8-11-36-5)15-27(32)28(34)17-26(21(3)4)31(35)33-24-16-25(37-6)19-39-18-24/h9-10,14,20-21,23-28,34H,8,11-13,15-19,32H2,1-7H3,(H,33,35)/t23-,24+,25+,26-,27-,28-/m0/s1. The molecule has 1 heterocycles. The molecule has 0 aromatic heterocycles. The summed E-state index contributed by atoms with van der Waals surface area (Å²) in [6, 6.07) is 5.49. The number of amides is 1. The first-order chi connectivity index (χ1) is 19.1. The number of ether oxygens (including phenoxy) is 5. The van der Waals surface area contributed by atoms with Crippen molar-refractivity contribution in [1.82, 2.24) is 5.32 Å². The molecule has 1 aromatic carbocycles. The van der Waals surface area contributed by atoms with Crippen molar-refractivity contribution in [2.24, 2.45) is 29.4 Å². The monoisotopic (exact) mass is 566 g/mol. The van der Waals surface area contributed by atoms with Crippen molar-refractivity contribution >= 4 is 5.91 Å². The van der Waals surface area contributed by atoms with E-state index in [1.165, 1.54) is 0 Å². The molecule has 0 bridgehead atoms. The number of hydrogen-bond acceptors (Lipinski definition) is 8. The highest BCUT2D eigenvalue weighted by Gasteiger charge is 2.32. The van der Waals surface area contributed by atoms with Crippen LogP contribution in [0.1, 0.15) is 58.9 Å². The number of nitrogens with one attached hydrogen (secondary N) is 1. The molecule has 1 aliphatic heterocycles. The number of aliphatic hydroxyl groups is 1. The zero-order valence-corrected chi connectivity index (χ0v) is 25.7. The fourth-order valence-corrected chi connectivity index (χ4v) is 5.23. The number of nitrogens with two attached hydrogens (primary N) is 1. The summed E-state index contributed by atoms with van der Waals surface area (Å²) >= 11 is 0. The van der Waals surface area contributed by atoms with Crippen molar-refractivity contribution in [3.05, 3.63) is 23.8 Å². The zero-order chi connectivity index (χ0) is 29.7. The van der Waals surface area contributed by atoms with E-state index in [2.05, 4.69) is 25.2 Å². The van der Waals surface area contributed by atoms with Gasteiger partial charge in [-0.2, -0.15) is 0 Å². The number of hydrogen-bond donors (Lipinski definition) is 3. The van der Waals surface area contributed by atoms with E-state index in [0.717, 1.165) is 24.8 Å². The predicted molar refractivity (Wildman–Crippen MR) is 157 cm³/mol. The summed E-state index contributed by atoms with van der Waals surface area (Å²) < 4.78 is 27.5. The summed E-state index contributed by atoms with van der Waals surface area (Å²) in [6.45, 7) is 10.6. The molecule has 9 nitrogen and oxygen atoms in total. The van der Waals surface area contributed by atoms with Gasteiger partial charge in [-0.1, -0.05) is 33.8 Å². The average Bonchev–Trinajstić information content (AvgIpc) is 2.93. The van der Waals surface area contributed by atoms with Crippen LogP contribution in [0.4, 0.5) is 0 Å². The van der Waals surface area contributed by atoms with Crippen LogP contribution in [0, 0.1) is 23.7 Å². The van der Waals surface area contributed by atoms with Crippen LogP contribution >= 0.6 is 0 Å². The van der Waals surface area contributed by atoms with Gasteiger partial charge in [0.25, 0.3) is 0 Å². The average molecular weight is 567 g/mol. The van der Waals surface area contributed by atoms with E-state index >= 15 is 0 Å². The van der Waals surface area contributed by atoms with E-state index in [9.17, 15) is 9.90 Å². The van der Waals surface area contributed by atoms with Crippen molar-refractivity contribution < 1.29 is 33.6 Å². The molecular formula is C31H54N2O7. The minimum absolute atomic E-state index is 0.0208. The van der Waals surface area contributed by atoms with Crippen LogP contribution in [0.2, 0.25) is 0 Å². The molecule has 1 fully saturated rings. The van der Waals surface area contributed by atoms with Gasteiger partial charge in [-0.25, -0.2) is 0 Å². The van der Waals surface area contributed by atoms with E-state index < -0.39 is 12.1 Å². The second-order valence-electron chi connectivity index (χ2n) is 11.8. The Labute approximate surface area is 241 Å². The molecule has 1 aromatic rings. The summed E-state index contributed by atoms with van der Waals surface area (Å²) in [4.78, 5) is 13.2. The third kappa shape index (κ3) is 11.2. The van der Waals surface area contributed by atoms with Gasteiger partial charge in [-0.3, -0.25) is 4.79 Å². The Kier molecular flexibility index (Phi) is 15.3. The van der Waals surface area contributed by atoms with Gasteiger partial charge in [-0.05, 0) is 61.1 Å². The molecule has 9 heteroatoms. The van der Waals surface area contributed by atoms with E-state index in [1.807, 2.05) is 26.0 Å². The van der Waals surface area contributed by atoms with E-state index in [-0.39, 0.29) is 35.8 Å². The SMILES string of the molecule is COCCCOc1cc(C[C@@H](C[C@H](N)[C@@H](O)C[C@H](C(=O)N[C@H]2COC[C@H](OC)C2)C(C)C)C(C)C)ccc1OC. The lowest BCUT2D eigenvalue weighted by Crippen LogP contribution is -2.49. The first-order valence-corrected chi connectivity index (χ1v) is 14.7. The summed E-state index contributed by atoms with van der Waals surface area (Å²) in [6.07, 6.45) is 2.47. The number of carbonyl (C=O) groups is 1. The molecule has 1 saturated heterocycles. The zero-order valence-electron chi connectivity index (χ0n) is 25.7. The molecule has 2 rings (SSSR count). The number of rotatable bonds is 18. The molecule has 0 spiro atoms. The van der Waals surface area contributed by atoms with Crippen molar-refractivity contribution in [2.75, 3.05) is 47.8 Å². The highest BCUT2D eigenvalue weighted by Crippen LogP contribution is 2.32. The Morgan fingerprint density at radius 1 is 1.07 bits per heavy atom. The van der Waals surface area contributed by atoms with Gasteiger partial charge in [0, 0.05) is 39.2 Å². The normalized spacial score (nSPS) is 20.7. The predicted octanol–water partition coefficient (Wildman–Crippen LogP) is 3.59. The van der Waals surface area contributed by atoms with Gasteiger partial charge in [0.15, 0.2) is 11.5 Å². The Balaban J connectivity index is 2.00. The van der Waals surface area contributed by atoms with Crippen LogP contribution in [0.25, 0.3) is 0 Å². The van der Waals surface area contributed by atoms with Crippen molar-refractivity contribution in [3.63, 3.8) is 0 Å². The molecule has 4 N–H and O–H groups in total. The summed E-state index contributed by atoms with van der Waals surface area (Å²) in [5.74, 6) is 1.67. The molecule has 1 amide bonds. The highest BCUT2D eigenvalue weighted by atomic mass is 16.5. The molecule has 6 atom stereocenters. The number of methoxy groups -OCH3 is 3. The molecular weight excluding hydrogens is 512 g/mol.